The van der Waals surface area contributed by atoms with Crippen molar-refractivity contribution >= 4 is 18.6 Å². The van der Waals surface area contributed by atoms with Crippen molar-refractivity contribution in [1.82, 2.24) is 9.55 Å². The highest BCUT2D eigenvalue weighted by Crippen LogP contribution is 2.40. The fraction of sp³-hybridized carbons (Fsp3) is 0.692. The van der Waals surface area contributed by atoms with Gasteiger partial charge in [0, 0.05) is 6.04 Å². The normalized spacial score (nSPS) is 28.1. The molecule has 2 rings (SSSR count). The van der Waals surface area contributed by atoms with E-state index in [1.807, 2.05) is 4.57 Å². The molecule has 0 amide bonds. The molecule has 1 heterocycles. The Kier molecular flexibility index (Phi) is 4.00. The third kappa shape index (κ3) is 2.28. The predicted octanol–water partition coefficient (Wildman–Crippen LogP) is 2.96. The second-order valence-electron chi connectivity index (χ2n) is 5.18. The van der Waals surface area contributed by atoms with E-state index in [-0.39, 0.29) is 12.0 Å². The molecule has 0 saturated heterocycles. The van der Waals surface area contributed by atoms with Crippen molar-refractivity contribution in [2.45, 2.75) is 44.3 Å². The number of ether oxygens (including phenoxy) is 1. The number of esters is 1. The van der Waals surface area contributed by atoms with Crippen molar-refractivity contribution in [2.24, 2.45) is 11.8 Å². The maximum Gasteiger partial charge on any atom is 0.356 e. The maximum atomic E-state index is 11.8. The lowest BCUT2D eigenvalue weighted by atomic mass is 9.78. The Labute approximate surface area is 113 Å². The third-order valence-electron chi connectivity index (χ3n) is 3.95. The largest absolute Gasteiger partial charge is 0.464 e. The van der Waals surface area contributed by atoms with E-state index in [2.05, 4.69) is 31.5 Å². The van der Waals surface area contributed by atoms with Gasteiger partial charge in [0.25, 0.3) is 0 Å². The van der Waals surface area contributed by atoms with Gasteiger partial charge in [0.15, 0.2) is 5.16 Å². The Morgan fingerprint density at radius 2 is 2.06 bits per heavy atom. The molecule has 0 N–H and O–H groups in total. The fourth-order valence-electron chi connectivity index (χ4n) is 3.07. The Bertz CT molecular complexity index is 434. The van der Waals surface area contributed by atoms with Crippen LogP contribution in [0, 0.1) is 11.8 Å². The zero-order valence-corrected chi connectivity index (χ0v) is 12.0. The van der Waals surface area contributed by atoms with E-state index in [9.17, 15) is 4.79 Å². The standard InChI is InChI=1S/C13H20N2O2S/c1-8-5-4-6-9(2)11(8)15-10(12(16)17-3)7-14-13(15)18/h7-9,11H,4-6H2,1-3H3,(H,14,18). The number of aromatic nitrogens is 2. The molecule has 0 spiro atoms. The molecule has 0 bridgehead atoms. The Morgan fingerprint density at radius 1 is 1.44 bits per heavy atom. The first-order valence-electron chi connectivity index (χ1n) is 6.40. The first-order chi connectivity index (χ1) is 8.56. The first-order valence-corrected chi connectivity index (χ1v) is 6.85. The van der Waals surface area contributed by atoms with E-state index in [1.165, 1.54) is 26.4 Å². The molecule has 1 fully saturated rings. The summed E-state index contributed by atoms with van der Waals surface area (Å²) in [6.07, 6.45) is 5.17. The summed E-state index contributed by atoms with van der Waals surface area (Å²) in [6.45, 7) is 4.46. The maximum absolute atomic E-state index is 11.8. The van der Waals surface area contributed by atoms with Crippen LogP contribution in [0.5, 0.6) is 0 Å². The van der Waals surface area contributed by atoms with Gasteiger partial charge >= 0.3 is 5.97 Å². The lowest BCUT2D eigenvalue weighted by Crippen LogP contribution is -2.30. The summed E-state index contributed by atoms with van der Waals surface area (Å²) in [5.74, 6) is 0.710. The van der Waals surface area contributed by atoms with Crippen LogP contribution in [0.4, 0.5) is 0 Å². The van der Waals surface area contributed by atoms with Crippen molar-refractivity contribution in [3.05, 3.63) is 11.9 Å². The molecule has 0 aliphatic heterocycles. The summed E-state index contributed by atoms with van der Waals surface area (Å²) in [4.78, 5) is 15.9. The van der Waals surface area contributed by atoms with Crippen LogP contribution in [0.25, 0.3) is 0 Å². The summed E-state index contributed by atoms with van der Waals surface area (Å²) < 4.78 is 6.77. The number of nitrogens with zero attached hydrogens (tertiary/aromatic N) is 2. The highest BCUT2D eigenvalue weighted by atomic mass is 32.1. The van der Waals surface area contributed by atoms with Gasteiger partial charge in [0.1, 0.15) is 5.69 Å². The molecule has 1 aromatic rings. The Balaban J connectivity index is 2.42. The van der Waals surface area contributed by atoms with Crippen LogP contribution in [0.15, 0.2) is 11.4 Å². The van der Waals surface area contributed by atoms with Gasteiger partial charge in [-0.05, 0) is 24.7 Å². The molecule has 5 heteroatoms. The molecular formula is C13H20N2O2S. The number of imidazole rings is 1. The van der Waals surface area contributed by atoms with Crippen LogP contribution in [0.1, 0.15) is 49.6 Å². The van der Waals surface area contributed by atoms with Crippen molar-refractivity contribution in [2.75, 3.05) is 7.11 Å². The van der Waals surface area contributed by atoms with Gasteiger partial charge in [-0.1, -0.05) is 20.3 Å². The fourth-order valence-corrected chi connectivity index (χ4v) is 3.37. The minimum atomic E-state index is -0.340. The Morgan fingerprint density at radius 3 is 2.61 bits per heavy atom. The molecule has 0 aromatic carbocycles. The highest BCUT2D eigenvalue weighted by molar-refractivity contribution is 7.80. The van der Waals surface area contributed by atoms with Crippen LogP contribution in [-0.4, -0.2) is 22.6 Å². The number of hydrogen-bond donors (Lipinski definition) is 1. The summed E-state index contributed by atoms with van der Waals surface area (Å²) >= 11 is 4.39. The molecule has 2 atom stereocenters. The van der Waals surface area contributed by atoms with Gasteiger partial charge in [-0.15, -0.1) is 12.6 Å². The number of carbonyl (C=O) groups is 1. The number of rotatable bonds is 2. The van der Waals surface area contributed by atoms with Crippen LogP contribution < -0.4 is 0 Å². The number of methoxy groups -OCH3 is 1. The summed E-state index contributed by atoms with van der Waals surface area (Å²) in [7, 11) is 1.39. The number of carbonyl (C=O) groups excluding carboxylic acids is 1. The molecule has 1 aromatic heterocycles. The molecule has 1 saturated carbocycles. The smallest absolute Gasteiger partial charge is 0.356 e. The summed E-state index contributed by atoms with van der Waals surface area (Å²) in [5, 5.41) is 0.598. The van der Waals surface area contributed by atoms with E-state index >= 15 is 0 Å². The molecule has 18 heavy (non-hydrogen) atoms. The average Bonchev–Trinajstić information content (AvgIpc) is 2.71. The van der Waals surface area contributed by atoms with Crippen molar-refractivity contribution in [1.29, 1.82) is 0 Å². The SMILES string of the molecule is COC(=O)c1cnc(S)n1C1C(C)CCCC1C. The van der Waals surface area contributed by atoms with Gasteiger partial charge in [0.2, 0.25) is 0 Å². The monoisotopic (exact) mass is 268 g/mol. The van der Waals surface area contributed by atoms with E-state index < -0.39 is 0 Å². The van der Waals surface area contributed by atoms with Crippen molar-refractivity contribution in [3.63, 3.8) is 0 Å². The minimum absolute atomic E-state index is 0.280. The topological polar surface area (TPSA) is 44.1 Å². The second kappa shape index (κ2) is 5.34. The predicted molar refractivity (Wildman–Crippen MR) is 72.0 cm³/mol. The summed E-state index contributed by atoms with van der Waals surface area (Å²) in [5.41, 5.74) is 0.507. The van der Waals surface area contributed by atoms with E-state index in [0.717, 1.165) is 0 Å². The lowest BCUT2D eigenvalue weighted by molar-refractivity contribution is 0.0573. The van der Waals surface area contributed by atoms with Gasteiger partial charge < -0.3 is 9.30 Å². The zero-order valence-electron chi connectivity index (χ0n) is 11.1. The van der Waals surface area contributed by atoms with E-state index in [1.54, 1.807) is 6.20 Å². The Hall–Kier alpha value is -0.970. The second-order valence-corrected chi connectivity index (χ2v) is 5.58. The number of hydrogen-bond acceptors (Lipinski definition) is 4. The van der Waals surface area contributed by atoms with Crippen molar-refractivity contribution in [3.8, 4) is 0 Å². The molecule has 4 nitrogen and oxygen atoms in total. The van der Waals surface area contributed by atoms with Gasteiger partial charge in [-0.25, -0.2) is 9.78 Å². The van der Waals surface area contributed by atoms with E-state index in [0.29, 0.717) is 22.7 Å². The van der Waals surface area contributed by atoms with Gasteiger partial charge in [0.05, 0.1) is 13.3 Å². The summed E-state index contributed by atoms with van der Waals surface area (Å²) in [6, 6.07) is 0.280. The molecule has 1 aliphatic rings. The van der Waals surface area contributed by atoms with Crippen LogP contribution in [-0.2, 0) is 4.74 Å². The molecule has 0 radical (unpaired) electrons. The molecule has 1 aliphatic carbocycles. The zero-order chi connectivity index (χ0) is 13.3. The van der Waals surface area contributed by atoms with Gasteiger partial charge in [-0.2, -0.15) is 0 Å². The highest BCUT2D eigenvalue weighted by Gasteiger charge is 2.33. The van der Waals surface area contributed by atoms with Crippen molar-refractivity contribution < 1.29 is 9.53 Å². The minimum Gasteiger partial charge on any atom is -0.464 e. The van der Waals surface area contributed by atoms with Crippen LogP contribution in [0.3, 0.4) is 0 Å². The lowest BCUT2D eigenvalue weighted by Gasteiger charge is -2.36. The van der Waals surface area contributed by atoms with Crippen LogP contribution in [0.2, 0.25) is 0 Å². The average molecular weight is 268 g/mol. The molecule has 2 unspecified atom stereocenters. The molecule has 100 valence electrons. The molecular weight excluding hydrogens is 248 g/mol. The number of thiol groups is 1. The van der Waals surface area contributed by atoms with Crippen LogP contribution >= 0.6 is 12.6 Å². The third-order valence-corrected chi connectivity index (χ3v) is 4.29. The van der Waals surface area contributed by atoms with Gasteiger partial charge in [-0.3, -0.25) is 0 Å². The van der Waals surface area contributed by atoms with E-state index in [4.69, 9.17) is 4.74 Å². The first kappa shape index (κ1) is 13.5. The quantitative estimate of drug-likeness (QED) is 0.662.